The van der Waals surface area contributed by atoms with Crippen molar-refractivity contribution in [2.24, 2.45) is 4.99 Å². The van der Waals surface area contributed by atoms with Crippen LogP contribution in [0, 0.1) is 0 Å². The van der Waals surface area contributed by atoms with E-state index >= 15 is 0 Å². The first-order valence-electron chi connectivity index (χ1n) is 5.33. The summed E-state index contributed by atoms with van der Waals surface area (Å²) in [6, 6.07) is 5.56. The quantitative estimate of drug-likeness (QED) is 0.781. The van der Waals surface area contributed by atoms with Crippen LogP contribution in [0.4, 0.5) is 5.69 Å². The van der Waals surface area contributed by atoms with Gasteiger partial charge in [0, 0.05) is 23.3 Å². The lowest BCUT2D eigenvalue weighted by Gasteiger charge is -2.09. The minimum Gasteiger partial charge on any atom is -0.388 e. The number of benzene rings is 1. The van der Waals surface area contributed by atoms with Gasteiger partial charge in [-0.3, -0.25) is 4.99 Å². The summed E-state index contributed by atoms with van der Waals surface area (Å²) in [6.07, 6.45) is 1.98. The molecule has 1 aromatic carbocycles. The molecule has 0 saturated carbocycles. The number of hydrogen-bond donors (Lipinski definition) is 1. The van der Waals surface area contributed by atoms with Gasteiger partial charge in [-0.25, -0.2) is 0 Å². The Morgan fingerprint density at radius 1 is 1.44 bits per heavy atom. The van der Waals surface area contributed by atoms with Crippen molar-refractivity contribution in [2.75, 3.05) is 7.05 Å². The van der Waals surface area contributed by atoms with Gasteiger partial charge in [0.2, 0.25) is 0 Å². The predicted molar refractivity (Wildman–Crippen MR) is 74.7 cm³/mol. The van der Waals surface area contributed by atoms with Gasteiger partial charge in [-0.05, 0) is 31.8 Å². The van der Waals surface area contributed by atoms with Gasteiger partial charge < -0.3 is 5.32 Å². The molecule has 0 atom stereocenters. The SMILES string of the molecule is C=Nc1cc(Cl)ccc1/C(=C\C)NC.CC. The maximum atomic E-state index is 5.86. The highest BCUT2D eigenvalue weighted by molar-refractivity contribution is 6.30. The van der Waals surface area contributed by atoms with Crippen molar-refractivity contribution in [3.05, 3.63) is 34.9 Å². The molecule has 88 valence electrons. The molecule has 0 aliphatic carbocycles. The third-order valence-corrected chi connectivity index (χ3v) is 2.21. The first-order chi connectivity index (χ1) is 7.72. The van der Waals surface area contributed by atoms with Gasteiger partial charge in [-0.15, -0.1) is 0 Å². The number of hydrogen-bond acceptors (Lipinski definition) is 2. The molecule has 3 heteroatoms. The Kier molecular flexibility index (Phi) is 7.31. The molecular weight excluding hydrogens is 220 g/mol. The van der Waals surface area contributed by atoms with E-state index in [1.54, 1.807) is 6.07 Å². The van der Waals surface area contributed by atoms with Crippen molar-refractivity contribution in [1.82, 2.24) is 5.32 Å². The second-order valence-electron chi connectivity index (χ2n) is 2.77. The zero-order valence-corrected chi connectivity index (χ0v) is 11.1. The lowest BCUT2D eigenvalue weighted by atomic mass is 10.1. The molecule has 0 amide bonds. The highest BCUT2D eigenvalue weighted by atomic mass is 35.5. The minimum atomic E-state index is 0.669. The Bertz CT molecular complexity index is 370. The fraction of sp³-hybridized carbons (Fsp3) is 0.308. The Balaban J connectivity index is 0.00000106. The zero-order valence-electron chi connectivity index (χ0n) is 10.3. The highest BCUT2D eigenvalue weighted by Crippen LogP contribution is 2.27. The van der Waals surface area contributed by atoms with Crippen molar-refractivity contribution in [3.63, 3.8) is 0 Å². The summed E-state index contributed by atoms with van der Waals surface area (Å²) in [5.41, 5.74) is 2.82. The van der Waals surface area contributed by atoms with Gasteiger partial charge in [0.15, 0.2) is 0 Å². The minimum absolute atomic E-state index is 0.669. The molecule has 0 unspecified atom stereocenters. The van der Waals surface area contributed by atoms with Crippen LogP contribution in [0.2, 0.25) is 5.02 Å². The number of rotatable bonds is 3. The second kappa shape index (κ2) is 7.94. The number of halogens is 1. The molecule has 16 heavy (non-hydrogen) atoms. The Hall–Kier alpha value is -1.28. The van der Waals surface area contributed by atoms with E-state index in [1.165, 1.54) is 0 Å². The Labute approximate surface area is 103 Å². The van der Waals surface area contributed by atoms with Crippen molar-refractivity contribution in [3.8, 4) is 0 Å². The number of nitrogens with one attached hydrogen (secondary N) is 1. The van der Waals surface area contributed by atoms with Crippen LogP contribution in [0.3, 0.4) is 0 Å². The molecule has 0 heterocycles. The molecule has 0 spiro atoms. The molecule has 0 aromatic heterocycles. The maximum absolute atomic E-state index is 5.86. The molecule has 0 radical (unpaired) electrons. The summed E-state index contributed by atoms with van der Waals surface area (Å²) >= 11 is 5.86. The van der Waals surface area contributed by atoms with Gasteiger partial charge in [0.1, 0.15) is 0 Å². The zero-order chi connectivity index (χ0) is 12.6. The average molecular weight is 239 g/mol. The van der Waals surface area contributed by atoms with Crippen LogP contribution in [0.1, 0.15) is 26.3 Å². The predicted octanol–water partition coefficient (Wildman–Crippen LogP) is 4.28. The fourth-order valence-electron chi connectivity index (χ4n) is 1.30. The van der Waals surface area contributed by atoms with Crippen LogP contribution in [-0.4, -0.2) is 13.8 Å². The number of nitrogens with zero attached hydrogens (tertiary/aromatic N) is 1. The third kappa shape index (κ3) is 3.70. The molecule has 1 aromatic rings. The van der Waals surface area contributed by atoms with Crippen LogP contribution in [0.25, 0.3) is 5.70 Å². The molecule has 0 bridgehead atoms. The standard InChI is InChI=1S/C11H13ClN2.C2H6/c1-4-10(13-2)9-6-5-8(12)7-11(9)14-3;1-2/h4-7,13H,3H2,1-2H3;1-2H3/b10-4+;. The maximum Gasteiger partial charge on any atom is 0.0730 e. The van der Waals surface area contributed by atoms with Crippen molar-refractivity contribution in [2.45, 2.75) is 20.8 Å². The van der Waals surface area contributed by atoms with Gasteiger partial charge in [-0.1, -0.05) is 31.5 Å². The van der Waals surface area contributed by atoms with Gasteiger partial charge in [-0.2, -0.15) is 0 Å². The van der Waals surface area contributed by atoms with Crippen LogP contribution in [0.15, 0.2) is 29.3 Å². The summed E-state index contributed by atoms with van der Waals surface area (Å²) in [5, 5.41) is 3.76. The smallest absolute Gasteiger partial charge is 0.0730 e. The molecule has 0 aliphatic heterocycles. The summed E-state index contributed by atoms with van der Waals surface area (Å²) in [6.45, 7) is 9.49. The Morgan fingerprint density at radius 3 is 2.50 bits per heavy atom. The third-order valence-electron chi connectivity index (χ3n) is 1.98. The number of aliphatic imine (C=N–C) groups is 1. The van der Waals surface area contributed by atoms with Crippen molar-refractivity contribution < 1.29 is 0 Å². The molecule has 0 fully saturated rings. The lowest BCUT2D eigenvalue weighted by Crippen LogP contribution is -2.04. The van der Waals surface area contributed by atoms with E-state index in [0.717, 1.165) is 16.9 Å². The average Bonchev–Trinajstić information content (AvgIpc) is 2.34. The van der Waals surface area contributed by atoms with E-state index in [2.05, 4.69) is 17.0 Å². The summed E-state index contributed by atoms with van der Waals surface area (Å²) in [5.74, 6) is 0. The first-order valence-corrected chi connectivity index (χ1v) is 5.71. The molecular formula is C13H19ClN2. The van der Waals surface area contributed by atoms with E-state index in [1.807, 2.05) is 46.0 Å². The van der Waals surface area contributed by atoms with E-state index in [-0.39, 0.29) is 0 Å². The van der Waals surface area contributed by atoms with E-state index in [0.29, 0.717) is 5.02 Å². The molecule has 1 N–H and O–H groups in total. The topological polar surface area (TPSA) is 24.4 Å². The van der Waals surface area contributed by atoms with Crippen LogP contribution >= 0.6 is 11.6 Å². The van der Waals surface area contributed by atoms with Gasteiger partial charge >= 0.3 is 0 Å². The van der Waals surface area contributed by atoms with Crippen LogP contribution in [-0.2, 0) is 0 Å². The monoisotopic (exact) mass is 238 g/mol. The summed E-state index contributed by atoms with van der Waals surface area (Å²) in [7, 11) is 1.87. The van der Waals surface area contributed by atoms with Gasteiger partial charge in [0.05, 0.1) is 5.69 Å². The lowest BCUT2D eigenvalue weighted by molar-refractivity contribution is 1.12. The molecule has 2 nitrogen and oxygen atoms in total. The van der Waals surface area contributed by atoms with Crippen molar-refractivity contribution in [1.29, 1.82) is 0 Å². The molecule has 1 rings (SSSR count). The van der Waals surface area contributed by atoms with Crippen LogP contribution in [0.5, 0.6) is 0 Å². The van der Waals surface area contributed by atoms with Crippen molar-refractivity contribution >= 4 is 29.7 Å². The number of allylic oxidation sites excluding steroid dienone is 1. The summed E-state index contributed by atoms with van der Waals surface area (Å²) < 4.78 is 0. The highest BCUT2D eigenvalue weighted by Gasteiger charge is 2.04. The first kappa shape index (κ1) is 14.7. The largest absolute Gasteiger partial charge is 0.388 e. The molecule has 0 saturated heterocycles. The normalized spacial score (nSPS) is 10.2. The van der Waals surface area contributed by atoms with Gasteiger partial charge in [0.25, 0.3) is 0 Å². The van der Waals surface area contributed by atoms with Crippen LogP contribution < -0.4 is 5.32 Å². The van der Waals surface area contributed by atoms with E-state index < -0.39 is 0 Å². The van der Waals surface area contributed by atoms with E-state index in [9.17, 15) is 0 Å². The molecule has 0 aliphatic rings. The fourth-order valence-corrected chi connectivity index (χ4v) is 1.46. The second-order valence-corrected chi connectivity index (χ2v) is 3.21. The van der Waals surface area contributed by atoms with E-state index in [4.69, 9.17) is 11.6 Å². The summed E-state index contributed by atoms with van der Waals surface area (Å²) in [4.78, 5) is 3.93. The Morgan fingerprint density at radius 2 is 2.06 bits per heavy atom.